The number of rotatable bonds is 5. The Kier molecular flexibility index (Phi) is 3.34. The van der Waals surface area contributed by atoms with Crippen LogP contribution in [0.25, 0.3) is 0 Å². The summed E-state index contributed by atoms with van der Waals surface area (Å²) in [5.74, 6) is 1.11. The SMILES string of the molecule is CCn1ncnc1CC1(Cc2ccccc2)CNC1. The molecule has 0 aliphatic carbocycles. The van der Waals surface area contributed by atoms with Crippen LogP contribution in [0.5, 0.6) is 0 Å². The number of nitrogens with one attached hydrogen (secondary N) is 1. The van der Waals surface area contributed by atoms with E-state index in [9.17, 15) is 0 Å². The lowest BCUT2D eigenvalue weighted by Gasteiger charge is -2.42. The molecule has 1 N–H and O–H groups in total. The fourth-order valence-corrected chi connectivity index (χ4v) is 2.84. The molecule has 4 heteroatoms. The van der Waals surface area contributed by atoms with Gasteiger partial charge in [-0.15, -0.1) is 0 Å². The van der Waals surface area contributed by atoms with Crippen molar-refractivity contribution in [2.75, 3.05) is 13.1 Å². The quantitative estimate of drug-likeness (QED) is 0.885. The van der Waals surface area contributed by atoms with E-state index in [1.807, 2.05) is 4.68 Å². The lowest BCUT2D eigenvalue weighted by atomic mass is 9.73. The molecule has 0 unspecified atom stereocenters. The molecule has 1 aliphatic heterocycles. The van der Waals surface area contributed by atoms with Gasteiger partial charge in [0.25, 0.3) is 0 Å². The molecule has 0 spiro atoms. The van der Waals surface area contributed by atoms with Gasteiger partial charge in [0.2, 0.25) is 0 Å². The third-order valence-corrected chi connectivity index (χ3v) is 3.95. The topological polar surface area (TPSA) is 42.7 Å². The maximum absolute atomic E-state index is 4.42. The molecule has 1 aromatic heterocycles. The molecule has 1 fully saturated rings. The monoisotopic (exact) mass is 256 g/mol. The van der Waals surface area contributed by atoms with Crippen molar-refractivity contribution in [3.63, 3.8) is 0 Å². The van der Waals surface area contributed by atoms with Gasteiger partial charge in [-0.3, -0.25) is 4.68 Å². The zero-order chi connectivity index (χ0) is 13.1. The third-order valence-electron chi connectivity index (χ3n) is 3.95. The summed E-state index contributed by atoms with van der Waals surface area (Å²) in [7, 11) is 0. The van der Waals surface area contributed by atoms with Crippen LogP contribution in [-0.2, 0) is 19.4 Å². The van der Waals surface area contributed by atoms with Gasteiger partial charge in [-0.05, 0) is 18.9 Å². The summed E-state index contributed by atoms with van der Waals surface area (Å²) in [5, 5.41) is 7.68. The smallest absolute Gasteiger partial charge is 0.138 e. The van der Waals surface area contributed by atoms with Gasteiger partial charge in [0.05, 0.1) is 0 Å². The summed E-state index contributed by atoms with van der Waals surface area (Å²) in [4.78, 5) is 4.42. The first kappa shape index (κ1) is 12.4. The zero-order valence-electron chi connectivity index (χ0n) is 11.3. The second kappa shape index (κ2) is 5.13. The fraction of sp³-hybridized carbons (Fsp3) is 0.467. The highest BCUT2D eigenvalue weighted by atomic mass is 15.3. The molecule has 3 rings (SSSR count). The van der Waals surface area contributed by atoms with Gasteiger partial charge in [-0.2, -0.15) is 5.10 Å². The molecule has 100 valence electrons. The molecule has 0 radical (unpaired) electrons. The Morgan fingerprint density at radius 2 is 2.00 bits per heavy atom. The molecule has 0 bridgehead atoms. The van der Waals surface area contributed by atoms with Crippen molar-refractivity contribution >= 4 is 0 Å². The summed E-state index contributed by atoms with van der Waals surface area (Å²) in [6, 6.07) is 10.7. The maximum atomic E-state index is 4.42. The minimum absolute atomic E-state index is 0.307. The number of hydrogen-bond acceptors (Lipinski definition) is 3. The fourth-order valence-electron chi connectivity index (χ4n) is 2.84. The predicted octanol–water partition coefficient (Wildman–Crippen LogP) is 1.67. The van der Waals surface area contributed by atoms with E-state index in [0.717, 1.165) is 38.3 Å². The van der Waals surface area contributed by atoms with Gasteiger partial charge >= 0.3 is 0 Å². The summed E-state index contributed by atoms with van der Waals surface area (Å²) in [6.07, 6.45) is 3.78. The van der Waals surface area contributed by atoms with E-state index in [4.69, 9.17) is 0 Å². The van der Waals surface area contributed by atoms with Crippen LogP contribution in [0.4, 0.5) is 0 Å². The minimum Gasteiger partial charge on any atom is -0.315 e. The van der Waals surface area contributed by atoms with Crippen molar-refractivity contribution < 1.29 is 0 Å². The number of aryl methyl sites for hydroxylation is 1. The van der Waals surface area contributed by atoms with E-state index in [0.29, 0.717) is 5.41 Å². The van der Waals surface area contributed by atoms with Crippen LogP contribution < -0.4 is 5.32 Å². The average molecular weight is 256 g/mol. The van der Waals surface area contributed by atoms with Crippen LogP contribution in [0.1, 0.15) is 18.3 Å². The Balaban J connectivity index is 1.76. The van der Waals surface area contributed by atoms with Crippen molar-refractivity contribution in [1.29, 1.82) is 0 Å². The van der Waals surface area contributed by atoms with Gasteiger partial charge in [0.15, 0.2) is 0 Å². The van der Waals surface area contributed by atoms with Gasteiger partial charge in [-0.1, -0.05) is 30.3 Å². The van der Waals surface area contributed by atoms with Crippen molar-refractivity contribution in [1.82, 2.24) is 20.1 Å². The predicted molar refractivity (Wildman–Crippen MR) is 74.8 cm³/mol. The van der Waals surface area contributed by atoms with Crippen LogP contribution >= 0.6 is 0 Å². The van der Waals surface area contributed by atoms with E-state index in [1.54, 1.807) is 6.33 Å². The van der Waals surface area contributed by atoms with Gasteiger partial charge in [0.1, 0.15) is 12.2 Å². The Labute approximate surface area is 113 Å². The highest BCUT2D eigenvalue weighted by molar-refractivity contribution is 5.19. The highest BCUT2D eigenvalue weighted by Gasteiger charge is 2.38. The van der Waals surface area contributed by atoms with E-state index in [1.165, 1.54) is 5.56 Å². The van der Waals surface area contributed by atoms with Crippen molar-refractivity contribution in [2.24, 2.45) is 5.41 Å². The third kappa shape index (κ3) is 2.54. The van der Waals surface area contributed by atoms with Gasteiger partial charge in [0, 0.05) is 31.5 Å². The number of hydrogen-bond donors (Lipinski definition) is 1. The lowest BCUT2D eigenvalue weighted by molar-refractivity contribution is 0.161. The van der Waals surface area contributed by atoms with E-state index in [2.05, 4.69) is 52.7 Å². The Bertz CT molecular complexity index is 528. The van der Waals surface area contributed by atoms with Crippen molar-refractivity contribution in [2.45, 2.75) is 26.3 Å². The first-order valence-electron chi connectivity index (χ1n) is 6.93. The van der Waals surface area contributed by atoms with Gasteiger partial charge in [-0.25, -0.2) is 4.98 Å². The number of aromatic nitrogens is 3. The molecule has 1 aromatic carbocycles. The molecule has 19 heavy (non-hydrogen) atoms. The molecule has 2 aromatic rings. The molecule has 0 saturated carbocycles. The second-order valence-corrected chi connectivity index (χ2v) is 5.43. The van der Waals surface area contributed by atoms with E-state index in [-0.39, 0.29) is 0 Å². The molecule has 0 atom stereocenters. The summed E-state index contributed by atoms with van der Waals surface area (Å²) < 4.78 is 2.01. The molecule has 0 amide bonds. The van der Waals surface area contributed by atoms with Crippen LogP contribution in [-0.4, -0.2) is 27.9 Å². The van der Waals surface area contributed by atoms with Crippen LogP contribution in [0.3, 0.4) is 0 Å². The summed E-state index contributed by atoms with van der Waals surface area (Å²) in [5.41, 5.74) is 1.72. The molecule has 1 saturated heterocycles. The van der Waals surface area contributed by atoms with E-state index >= 15 is 0 Å². The lowest BCUT2D eigenvalue weighted by Crippen LogP contribution is -2.56. The largest absolute Gasteiger partial charge is 0.315 e. The molecular formula is C15H20N4. The average Bonchev–Trinajstić information content (AvgIpc) is 2.84. The highest BCUT2D eigenvalue weighted by Crippen LogP contribution is 2.31. The van der Waals surface area contributed by atoms with Gasteiger partial charge < -0.3 is 5.32 Å². The first-order valence-corrected chi connectivity index (χ1v) is 6.93. The minimum atomic E-state index is 0.307. The maximum Gasteiger partial charge on any atom is 0.138 e. The van der Waals surface area contributed by atoms with E-state index < -0.39 is 0 Å². The standard InChI is InChI=1S/C15H20N4/c1-2-19-14(17-12-18-19)9-15(10-16-11-15)8-13-6-4-3-5-7-13/h3-7,12,16H,2,8-11H2,1H3. The van der Waals surface area contributed by atoms with Crippen molar-refractivity contribution in [3.8, 4) is 0 Å². The second-order valence-electron chi connectivity index (χ2n) is 5.43. The van der Waals surface area contributed by atoms with Crippen LogP contribution in [0, 0.1) is 5.41 Å². The summed E-state index contributed by atoms with van der Waals surface area (Å²) >= 11 is 0. The van der Waals surface area contributed by atoms with Crippen LogP contribution in [0.15, 0.2) is 36.7 Å². The Hall–Kier alpha value is -1.68. The molecular weight excluding hydrogens is 236 g/mol. The normalized spacial score (nSPS) is 17.1. The first-order chi connectivity index (χ1) is 9.31. The molecule has 4 nitrogen and oxygen atoms in total. The summed E-state index contributed by atoms with van der Waals surface area (Å²) in [6.45, 7) is 5.14. The van der Waals surface area contributed by atoms with Crippen LogP contribution in [0.2, 0.25) is 0 Å². The number of nitrogens with zero attached hydrogens (tertiary/aromatic N) is 3. The Morgan fingerprint density at radius 1 is 1.21 bits per heavy atom. The van der Waals surface area contributed by atoms with Crippen molar-refractivity contribution in [3.05, 3.63) is 48.0 Å². The Morgan fingerprint density at radius 3 is 2.63 bits per heavy atom. The zero-order valence-corrected chi connectivity index (χ0v) is 11.3. The molecule has 2 heterocycles. The molecule has 1 aliphatic rings. The number of benzene rings is 1.